The third-order valence-electron chi connectivity index (χ3n) is 4.06. The third kappa shape index (κ3) is 3.78. The van der Waals surface area contributed by atoms with Crippen molar-refractivity contribution in [1.29, 1.82) is 0 Å². The van der Waals surface area contributed by atoms with Crippen LogP contribution in [0.3, 0.4) is 0 Å². The Hall–Kier alpha value is -3.49. The number of carbonyl (C=O) groups is 1. The van der Waals surface area contributed by atoms with Gasteiger partial charge in [0.25, 0.3) is 5.91 Å². The minimum absolute atomic E-state index is 0.0144. The Morgan fingerprint density at radius 1 is 1.04 bits per heavy atom. The normalized spacial score (nSPS) is 11.3. The van der Waals surface area contributed by atoms with Crippen LogP contribution >= 0.6 is 0 Å². The number of hydrogen-bond donors (Lipinski definition) is 2. The van der Waals surface area contributed by atoms with E-state index in [0.29, 0.717) is 17.2 Å². The van der Waals surface area contributed by atoms with Crippen LogP contribution in [0.15, 0.2) is 47.4 Å². The van der Waals surface area contributed by atoms with Crippen LogP contribution in [0.5, 0.6) is 11.5 Å². The van der Waals surface area contributed by atoms with Gasteiger partial charge in [-0.15, -0.1) is 0 Å². The largest absolute Gasteiger partial charge is 0.497 e. The minimum Gasteiger partial charge on any atom is -0.497 e. The number of rotatable bonds is 4. The Kier molecular flexibility index (Phi) is 5.00. The first-order valence-corrected chi connectivity index (χ1v) is 8.00. The number of carbonyl (C=O) groups excluding carboxylic acids is 1. The van der Waals surface area contributed by atoms with E-state index in [2.05, 4.69) is 10.3 Å². The van der Waals surface area contributed by atoms with Crippen LogP contribution in [0.1, 0.15) is 15.9 Å². The second-order valence-corrected chi connectivity index (χ2v) is 5.85. The zero-order valence-corrected chi connectivity index (χ0v) is 14.8. The number of alkyl halides is 3. The summed E-state index contributed by atoms with van der Waals surface area (Å²) in [6.45, 7) is 0. The molecule has 3 rings (SSSR count). The SMILES string of the molecule is COc1cc(NC(=O)c2c[nH]c3cc(C(F)(F)F)ccc3c2=O)cc(OC)c1. The van der Waals surface area contributed by atoms with Gasteiger partial charge in [0.2, 0.25) is 5.43 Å². The lowest BCUT2D eigenvalue weighted by atomic mass is 10.1. The summed E-state index contributed by atoms with van der Waals surface area (Å²) in [6, 6.07) is 7.34. The maximum Gasteiger partial charge on any atom is 0.416 e. The van der Waals surface area contributed by atoms with Gasteiger partial charge in [0.05, 0.1) is 19.8 Å². The molecule has 0 aliphatic heterocycles. The fourth-order valence-corrected chi connectivity index (χ4v) is 2.65. The Morgan fingerprint density at radius 2 is 1.68 bits per heavy atom. The number of H-pyrrole nitrogens is 1. The Bertz CT molecular complexity index is 1080. The molecule has 1 heterocycles. The predicted molar refractivity (Wildman–Crippen MR) is 97.1 cm³/mol. The average molecular weight is 392 g/mol. The van der Waals surface area contributed by atoms with Gasteiger partial charge in [0, 0.05) is 41.0 Å². The topological polar surface area (TPSA) is 80.4 Å². The van der Waals surface area contributed by atoms with Gasteiger partial charge in [-0.05, 0) is 18.2 Å². The van der Waals surface area contributed by atoms with E-state index in [4.69, 9.17) is 9.47 Å². The highest BCUT2D eigenvalue weighted by atomic mass is 19.4. The number of methoxy groups -OCH3 is 2. The number of aromatic nitrogens is 1. The van der Waals surface area contributed by atoms with Crippen LogP contribution < -0.4 is 20.2 Å². The van der Waals surface area contributed by atoms with Crippen LogP contribution in [-0.4, -0.2) is 25.1 Å². The van der Waals surface area contributed by atoms with Gasteiger partial charge in [-0.25, -0.2) is 0 Å². The highest BCUT2D eigenvalue weighted by Crippen LogP contribution is 2.30. The summed E-state index contributed by atoms with van der Waals surface area (Å²) in [6.07, 6.45) is -3.45. The second kappa shape index (κ2) is 7.26. The van der Waals surface area contributed by atoms with Crippen molar-refractivity contribution in [3.63, 3.8) is 0 Å². The molecule has 2 aromatic carbocycles. The standard InChI is InChI=1S/C19H15F3N2O4/c1-27-12-6-11(7-13(8-12)28-2)24-18(26)15-9-23-16-5-10(19(20,21)22)3-4-14(16)17(15)25/h3-9H,1-2H3,(H,23,25)(H,24,26). The van der Waals surface area contributed by atoms with E-state index in [-0.39, 0.29) is 16.5 Å². The summed E-state index contributed by atoms with van der Waals surface area (Å²) in [4.78, 5) is 27.6. The molecule has 0 spiro atoms. The molecule has 0 aliphatic carbocycles. The van der Waals surface area contributed by atoms with Gasteiger partial charge >= 0.3 is 6.18 Å². The van der Waals surface area contributed by atoms with Gasteiger partial charge in [-0.3, -0.25) is 9.59 Å². The van der Waals surface area contributed by atoms with Crippen LogP contribution in [0.25, 0.3) is 10.9 Å². The van der Waals surface area contributed by atoms with E-state index < -0.39 is 23.1 Å². The van der Waals surface area contributed by atoms with Crippen molar-refractivity contribution >= 4 is 22.5 Å². The second-order valence-electron chi connectivity index (χ2n) is 5.85. The van der Waals surface area contributed by atoms with E-state index in [0.717, 1.165) is 24.4 Å². The number of nitrogens with one attached hydrogen (secondary N) is 2. The lowest BCUT2D eigenvalue weighted by Crippen LogP contribution is -2.22. The van der Waals surface area contributed by atoms with E-state index in [1.54, 1.807) is 6.07 Å². The van der Waals surface area contributed by atoms with Crippen molar-refractivity contribution in [2.45, 2.75) is 6.18 Å². The van der Waals surface area contributed by atoms with Crippen molar-refractivity contribution in [2.75, 3.05) is 19.5 Å². The molecular weight excluding hydrogens is 377 g/mol. The number of pyridine rings is 1. The van der Waals surface area contributed by atoms with Crippen molar-refractivity contribution in [2.24, 2.45) is 0 Å². The number of amides is 1. The van der Waals surface area contributed by atoms with Crippen molar-refractivity contribution in [1.82, 2.24) is 4.98 Å². The third-order valence-corrected chi connectivity index (χ3v) is 4.06. The molecule has 9 heteroatoms. The summed E-state index contributed by atoms with van der Waals surface area (Å²) in [5, 5.41) is 2.53. The van der Waals surface area contributed by atoms with Gasteiger partial charge in [0.1, 0.15) is 17.1 Å². The minimum atomic E-state index is -4.54. The average Bonchev–Trinajstić information content (AvgIpc) is 2.66. The van der Waals surface area contributed by atoms with Crippen molar-refractivity contribution < 1.29 is 27.4 Å². The van der Waals surface area contributed by atoms with Crippen LogP contribution in [0, 0.1) is 0 Å². The van der Waals surface area contributed by atoms with Crippen LogP contribution in [-0.2, 0) is 6.18 Å². The molecule has 0 atom stereocenters. The van der Waals surface area contributed by atoms with E-state index >= 15 is 0 Å². The maximum absolute atomic E-state index is 12.8. The van der Waals surface area contributed by atoms with E-state index in [1.165, 1.54) is 26.4 Å². The molecule has 0 unspecified atom stereocenters. The highest BCUT2D eigenvalue weighted by Gasteiger charge is 2.30. The van der Waals surface area contributed by atoms with Crippen LogP contribution in [0.4, 0.5) is 18.9 Å². The lowest BCUT2D eigenvalue weighted by molar-refractivity contribution is -0.137. The van der Waals surface area contributed by atoms with Crippen molar-refractivity contribution in [3.8, 4) is 11.5 Å². The fraction of sp³-hybridized carbons (Fsp3) is 0.158. The molecule has 3 aromatic rings. The summed E-state index contributed by atoms with van der Waals surface area (Å²) in [5.74, 6) is 0.141. The summed E-state index contributed by atoms with van der Waals surface area (Å²) in [5.41, 5.74) is -1.51. The Labute approximate surface area is 156 Å². The maximum atomic E-state index is 12.8. The van der Waals surface area contributed by atoms with E-state index in [9.17, 15) is 22.8 Å². The molecule has 0 bridgehead atoms. The smallest absolute Gasteiger partial charge is 0.416 e. The first kappa shape index (κ1) is 19.3. The number of ether oxygens (including phenoxy) is 2. The number of aromatic amines is 1. The zero-order chi connectivity index (χ0) is 20.5. The molecule has 0 saturated heterocycles. The highest BCUT2D eigenvalue weighted by molar-refractivity contribution is 6.05. The number of hydrogen-bond acceptors (Lipinski definition) is 4. The monoisotopic (exact) mass is 392 g/mol. The molecule has 28 heavy (non-hydrogen) atoms. The molecule has 1 amide bonds. The first-order valence-electron chi connectivity index (χ1n) is 8.00. The molecule has 1 aromatic heterocycles. The summed E-state index contributed by atoms with van der Waals surface area (Å²) < 4.78 is 48.7. The number of anilines is 1. The molecule has 2 N–H and O–H groups in total. The van der Waals surface area contributed by atoms with E-state index in [1.807, 2.05) is 0 Å². The fourth-order valence-electron chi connectivity index (χ4n) is 2.65. The molecule has 0 saturated carbocycles. The number of fused-ring (bicyclic) bond motifs is 1. The van der Waals surface area contributed by atoms with Gasteiger partial charge in [-0.2, -0.15) is 13.2 Å². The molecule has 146 valence electrons. The summed E-state index contributed by atoms with van der Waals surface area (Å²) in [7, 11) is 2.90. The molecule has 0 radical (unpaired) electrons. The van der Waals surface area contributed by atoms with Gasteiger partial charge < -0.3 is 19.8 Å². The van der Waals surface area contributed by atoms with Gasteiger partial charge in [0.15, 0.2) is 0 Å². The summed E-state index contributed by atoms with van der Waals surface area (Å²) >= 11 is 0. The molecule has 0 aliphatic rings. The number of benzene rings is 2. The quantitative estimate of drug-likeness (QED) is 0.708. The van der Waals surface area contributed by atoms with Gasteiger partial charge in [-0.1, -0.05) is 0 Å². The van der Waals surface area contributed by atoms with Crippen LogP contribution in [0.2, 0.25) is 0 Å². The molecule has 0 fully saturated rings. The lowest BCUT2D eigenvalue weighted by Gasteiger charge is -2.11. The first-order chi connectivity index (χ1) is 13.2. The zero-order valence-electron chi connectivity index (χ0n) is 14.8. The Morgan fingerprint density at radius 3 is 2.25 bits per heavy atom. The predicted octanol–water partition coefficient (Wildman–Crippen LogP) is 3.82. The molecule has 6 nitrogen and oxygen atoms in total. The number of halogens is 3. The molecular formula is C19H15F3N2O4. The Balaban J connectivity index is 1.96. The van der Waals surface area contributed by atoms with Crippen molar-refractivity contribution in [3.05, 3.63) is 63.9 Å².